The predicted octanol–water partition coefficient (Wildman–Crippen LogP) is 3.82. The average molecular weight is 418 g/mol. The lowest BCUT2D eigenvalue weighted by atomic mass is 10.00. The van der Waals surface area contributed by atoms with E-state index < -0.39 is 6.10 Å². The van der Waals surface area contributed by atoms with Crippen LogP contribution in [-0.4, -0.2) is 47.7 Å². The van der Waals surface area contributed by atoms with E-state index >= 15 is 0 Å². The summed E-state index contributed by atoms with van der Waals surface area (Å²) in [6.45, 7) is 4.67. The van der Waals surface area contributed by atoms with Crippen molar-refractivity contribution in [2.24, 2.45) is 5.92 Å². The highest BCUT2D eigenvalue weighted by molar-refractivity contribution is 7.13. The zero-order valence-corrected chi connectivity index (χ0v) is 18.3. The average Bonchev–Trinajstić information content (AvgIpc) is 3.33. The molecule has 1 aliphatic heterocycles. The van der Waals surface area contributed by atoms with E-state index in [2.05, 4.69) is 11.8 Å². The minimum absolute atomic E-state index is 0.0417. The van der Waals surface area contributed by atoms with Gasteiger partial charge in [0.1, 0.15) is 4.88 Å². The van der Waals surface area contributed by atoms with Gasteiger partial charge in [-0.25, -0.2) is 4.79 Å². The van der Waals surface area contributed by atoms with Crippen LogP contribution in [-0.2, 0) is 16.0 Å². The number of carbonyl (C=O) groups is 2. The third-order valence-corrected chi connectivity index (χ3v) is 6.21. The summed E-state index contributed by atoms with van der Waals surface area (Å²) < 4.78 is 4.74. The van der Waals surface area contributed by atoms with Crippen LogP contribution in [0, 0.1) is 17.8 Å². The van der Waals surface area contributed by atoms with Crippen molar-refractivity contribution < 1.29 is 19.4 Å². The Morgan fingerprint density at radius 2 is 2.24 bits per heavy atom. The molecule has 2 heterocycles. The number of aryl methyl sites for hydroxylation is 1. The highest BCUT2D eigenvalue weighted by atomic mass is 32.1. The number of aliphatic hydroxyl groups is 1. The summed E-state index contributed by atoms with van der Waals surface area (Å²) in [7, 11) is 1.38. The molecule has 1 aliphatic rings. The zero-order chi connectivity index (χ0) is 21.2. The van der Waals surface area contributed by atoms with Crippen molar-refractivity contribution in [1.82, 2.24) is 4.90 Å². The lowest BCUT2D eigenvalue weighted by Crippen LogP contribution is -2.33. The van der Waals surface area contributed by atoms with Crippen molar-refractivity contribution in [1.29, 1.82) is 0 Å². The number of ether oxygens (including phenoxy) is 1. The van der Waals surface area contributed by atoms with E-state index in [0.29, 0.717) is 24.3 Å². The van der Waals surface area contributed by atoms with E-state index in [9.17, 15) is 14.7 Å². The largest absolute Gasteiger partial charge is 0.465 e. The number of aliphatic hydroxyl groups excluding tert-OH is 1. The van der Waals surface area contributed by atoms with Gasteiger partial charge in [0.2, 0.25) is 5.91 Å². The van der Waals surface area contributed by atoms with Gasteiger partial charge in [-0.1, -0.05) is 26.0 Å². The molecule has 158 valence electrons. The molecule has 0 spiro atoms. The van der Waals surface area contributed by atoms with Crippen LogP contribution in [0.3, 0.4) is 0 Å². The first-order valence-electron chi connectivity index (χ1n) is 10.2. The Morgan fingerprint density at radius 3 is 2.97 bits per heavy atom. The zero-order valence-electron chi connectivity index (χ0n) is 17.5. The Labute approximate surface area is 177 Å². The number of rotatable bonds is 9. The van der Waals surface area contributed by atoms with E-state index in [-0.39, 0.29) is 23.8 Å². The van der Waals surface area contributed by atoms with Gasteiger partial charge in [0.05, 0.1) is 19.3 Å². The van der Waals surface area contributed by atoms with Gasteiger partial charge in [-0.15, -0.1) is 23.2 Å². The number of nitrogens with zero attached hydrogens (tertiary/aromatic N) is 1. The molecule has 1 aromatic rings. The van der Waals surface area contributed by atoms with Crippen molar-refractivity contribution in [2.75, 3.05) is 13.7 Å². The van der Waals surface area contributed by atoms with Gasteiger partial charge in [0.15, 0.2) is 0 Å². The maximum atomic E-state index is 12.3. The molecule has 3 atom stereocenters. The van der Waals surface area contributed by atoms with Gasteiger partial charge in [-0.05, 0) is 37.3 Å². The standard InChI is InChI=1S/C23H31NO4S/c1-4-5-6-8-17(2)20(25)13-10-18-11-15-22(26)24(18)16-7-9-19-12-14-21(29-19)23(27)28-3/h10,12-14,17-18,20,25H,4,7-9,11,15-16H2,1-3H3/t17?,18-,20?/m0/s1. The van der Waals surface area contributed by atoms with Gasteiger partial charge in [0, 0.05) is 30.7 Å². The normalized spacial score (nSPS) is 18.6. The fourth-order valence-electron chi connectivity index (χ4n) is 3.30. The molecule has 1 amide bonds. The maximum absolute atomic E-state index is 12.3. The summed E-state index contributed by atoms with van der Waals surface area (Å²) in [5, 5.41) is 10.3. The van der Waals surface area contributed by atoms with Gasteiger partial charge >= 0.3 is 5.97 Å². The molecular formula is C23H31NO4S. The molecule has 0 aromatic carbocycles. The Hall–Kier alpha value is -2.10. The van der Waals surface area contributed by atoms with E-state index in [1.807, 2.05) is 37.0 Å². The van der Waals surface area contributed by atoms with Crippen molar-refractivity contribution in [2.45, 2.75) is 64.5 Å². The fourth-order valence-corrected chi connectivity index (χ4v) is 4.27. The lowest BCUT2D eigenvalue weighted by molar-refractivity contribution is -0.128. The van der Waals surface area contributed by atoms with Crippen molar-refractivity contribution in [3.8, 4) is 11.8 Å². The van der Waals surface area contributed by atoms with Crippen molar-refractivity contribution >= 4 is 23.2 Å². The highest BCUT2D eigenvalue weighted by Gasteiger charge is 2.28. The van der Waals surface area contributed by atoms with Crippen LogP contribution in [0.25, 0.3) is 0 Å². The third-order valence-electron chi connectivity index (χ3n) is 5.08. The molecular weight excluding hydrogens is 386 g/mol. The van der Waals surface area contributed by atoms with E-state index in [1.54, 1.807) is 6.07 Å². The third kappa shape index (κ3) is 7.02. The molecule has 0 aliphatic carbocycles. The fraction of sp³-hybridized carbons (Fsp3) is 0.565. The molecule has 29 heavy (non-hydrogen) atoms. The Bertz CT molecular complexity index is 773. The molecule has 5 nitrogen and oxygen atoms in total. The van der Waals surface area contributed by atoms with Crippen LogP contribution in [0.2, 0.25) is 0 Å². The number of carbonyl (C=O) groups excluding carboxylic acids is 2. The van der Waals surface area contributed by atoms with Crippen LogP contribution in [0.15, 0.2) is 24.3 Å². The van der Waals surface area contributed by atoms with Crippen molar-refractivity contribution in [3.63, 3.8) is 0 Å². The number of esters is 1. The minimum Gasteiger partial charge on any atom is -0.465 e. The second-order valence-electron chi connectivity index (χ2n) is 7.32. The number of hydrogen-bond donors (Lipinski definition) is 1. The van der Waals surface area contributed by atoms with E-state index in [1.165, 1.54) is 18.4 Å². The number of likely N-dealkylation sites (tertiary alicyclic amines) is 1. The molecule has 1 fully saturated rings. The predicted molar refractivity (Wildman–Crippen MR) is 116 cm³/mol. The summed E-state index contributed by atoms with van der Waals surface area (Å²) in [5.41, 5.74) is 0. The molecule has 6 heteroatoms. The summed E-state index contributed by atoms with van der Waals surface area (Å²) in [5.74, 6) is 6.03. The Balaban J connectivity index is 1.85. The molecule has 1 aromatic heterocycles. The smallest absolute Gasteiger partial charge is 0.348 e. The summed E-state index contributed by atoms with van der Waals surface area (Å²) >= 11 is 1.44. The van der Waals surface area contributed by atoms with Gasteiger partial charge in [-0.3, -0.25) is 4.79 Å². The van der Waals surface area contributed by atoms with Crippen LogP contribution < -0.4 is 0 Å². The molecule has 1 saturated heterocycles. The Kier molecular flexibility index (Phi) is 9.43. The lowest BCUT2D eigenvalue weighted by Gasteiger charge is -2.23. The molecule has 0 bridgehead atoms. The SMILES string of the molecule is CCC#CCC(C)C(O)C=C[C@H]1CCC(=O)N1CCCc1ccc(C(=O)OC)s1. The second kappa shape index (κ2) is 11.8. The summed E-state index contributed by atoms with van der Waals surface area (Å²) in [4.78, 5) is 27.4. The summed E-state index contributed by atoms with van der Waals surface area (Å²) in [6, 6.07) is 3.77. The highest BCUT2D eigenvalue weighted by Crippen LogP contribution is 2.23. The van der Waals surface area contributed by atoms with Crippen molar-refractivity contribution in [3.05, 3.63) is 34.0 Å². The number of thiophene rings is 1. The van der Waals surface area contributed by atoms with Crippen LogP contribution in [0.1, 0.15) is 60.5 Å². The number of methoxy groups -OCH3 is 1. The first-order valence-corrected chi connectivity index (χ1v) is 11.1. The molecule has 0 saturated carbocycles. The second-order valence-corrected chi connectivity index (χ2v) is 8.49. The quantitative estimate of drug-likeness (QED) is 0.377. The van der Waals surface area contributed by atoms with Gasteiger partial charge in [0.25, 0.3) is 0 Å². The van der Waals surface area contributed by atoms with Gasteiger partial charge in [-0.2, -0.15) is 0 Å². The van der Waals surface area contributed by atoms with E-state index in [4.69, 9.17) is 4.74 Å². The first-order chi connectivity index (χ1) is 14.0. The molecule has 0 radical (unpaired) electrons. The Morgan fingerprint density at radius 1 is 1.45 bits per heavy atom. The monoisotopic (exact) mass is 417 g/mol. The van der Waals surface area contributed by atoms with E-state index in [0.717, 1.165) is 30.6 Å². The van der Waals surface area contributed by atoms with Crippen LogP contribution >= 0.6 is 11.3 Å². The maximum Gasteiger partial charge on any atom is 0.348 e. The molecule has 1 N–H and O–H groups in total. The van der Waals surface area contributed by atoms with Crippen LogP contribution in [0.5, 0.6) is 0 Å². The topological polar surface area (TPSA) is 66.8 Å². The molecule has 2 rings (SSSR count). The van der Waals surface area contributed by atoms with Gasteiger partial charge < -0.3 is 14.7 Å². The van der Waals surface area contributed by atoms with Crippen LogP contribution in [0.4, 0.5) is 0 Å². The first kappa shape index (κ1) is 23.2. The minimum atomic E-state index is -0.554. The summed E-state index contributed by atoms with van der Waals surface area (Å²) in [6.07, 6.45) is 7.72. The number of hydrogen-bond acceptors (Lipinski definition) is 5. The number of amides is 1. The molecule has 2 unspecified atom stereocenters.